The molecule has 268 valence electrons. The largest absolute Gasteiger partial charge is 0.436 e. The third-order valence-corrected chi connectivity index (χ3v) is 11.4. The number of rotatable bonds is 7. The maximum absolute atomic E-state index is 14.0. The lowest BCUT2D eigenvalue weighted by molar-refractivity contribution is -0.142. The summed E-state index contributed by atoms with van der Waals surface area (Å²) in [5.41, 5.74) is -0.251. The van der Waals surface area contributed by atoms with E-state index < -0.39 is 29.8 Å². The normalized spacial score (nSPS) is 20.9. The number of piperazine rings is 1. The van der Waals surface area contributed by atoms with Gasteiger partial charge in [-0.2, -0.15) is 13.2 Å². The average molecular weight is 726 g/mol. The number of carbonyl (C=O) groups is 3. The number of benzene rings is 1. The Labute approximate surface area is 293 Å². The molecule has 49 heavy (non-hydrogen) atoms. The molecule has 0 saturated carbocycles. The molecule has 3 fully saturated rings. The zero-order valence-electron chi connectivity index (χ0n) is 27.7. The zero-order chi connectivity index (χ0) is 34.9. The number of hydrogen-bond acceptors (Lipinski definition) is 8. The summed E-state index contributed by atoms with van der Waals surface area (Å²) in [5, 5.41) is 7.23. The van der Waals surface area contributed by atoms with Crippen molar-refractivity contribution in [3.63, 3.8) is 0 Å². The number of nitrogens with zero attached hydrogens (tertiary/aromatic N) is 5. The Bertz CT molecular complexity index is 1520. The number of thiophene rings is 1. The molecule has 4 amide bonds. The van der Waals surface area contributed by atoms with Crippen molar-refractivity contribution in [3.05, 3.63) is 44.6 Å². The maximum atomic E-state index is 14.0. The molecule has 0 radical (unpaired) electrons. The van der Waals surface area contributed by atoms with Crippen molar-refractivity contribution in [2.75, 3.05) is 77.1 Å². The van der Waals surface area contributed by atoms with Crippen molar-refractivity contribution >= 4 is 52.3 Å². The van der Waals surface area contributed by atoms with E-state index in [2.05, 4.69) is 27.5 Å². The first kappa shape index (κ1) is 35.6. The van der Waals surface area contributed by atoms with E-state index in [0.717, 1.165) is 55.7 Å². The highest BCUT2D eigenvalue weighted by Crippen LogP contribution is 2.40. The summed E-state index contributed by atoms with van der Waals surface area (Å²) in [6, 6.07) is 4.32. The van der Waals surface area contributed by atoms with Gasteiger partial charge in [-0.25, -0.2) is 9.59 Å². The number of hydrogen-bond donors (Lipinski definition) is 2. The second-order valence-corrected chi connectivity index (χ2v) is 14.7. The number of carbonyl (C=O) groups excluding carboxylic acids is 3. The summed E-state index contributed by atoms with van der Waals surface area (Å²) in [6.07, 6.45) is -4.42. The number of halogens is 4. The Morgan fingerprint density at radius 1 is 1.02 bits per heavy atom. The van der Waals surface area contributed by atoms with Crippen LogP contribution in [0.1, 0.15) is 41.7 Å². The molecule has 1 atom stereocenters. The van der Waals surface area contributed by atoms with Crippen LogP contribution in [-0.2, 0) is 28.7 Å². The molecule has 16 heteroatoms. The zero-order valence-corrected chi connectivity index (χ0v) is 29.3. The van der Waals surface area contributed by atoms with E-state index in [4.69, 9.17) is 16.3 Å². The molecule has 1 aromatic carbocycles. The molecule has 1 aromatic heterocycles. The molecule has 5 heterocycles. The number of nitrogens with one attached hydrogen (secondary N) is 2. The van der Waals surface area contributed by atoms with E-state index in [1.165, 1.54) is 18.0 Å². The number of anilines is 2. The molecule has 4 aliphatic rings. The smallest absolute Gasteiger partial charge is 0.418 e. The molecule has 0 unspecified atom stereocenters. The third-order valence-electron chi connectivity index (χ3n) is 10.2. The first-order valence-electron chi connectivity index (χ1n) is 16.8. The van der Waals surface area contributed by atoms with E-state index >= 15 is 0 Å². The van der Waals surface area contributed by atoms with Gasteiger partial charge in [0.1, 0.15) is 0 Å². The van der Waals surface area contributed by atoms with Crippen LogP contribution in [0.15, 0.2) is 23.6 Å². The fourth-order valence-electron chi connectivity index (χ4n) is 7.33. The van der Waals surface area contributed by atoms with Crippen LogP contribution < -0.4 is 10.6 Å². The summed E-state index contributed by atoms with van der Waals surface area (Å²) < 4.78 is 47.9. The van der Waals surface area contributed by atoms with Gasteiger partial charge in [-0.05, 0) is 61.9 Å². The predicted octanol–water partition coefficient (Wildman–Crippen LogP) is 5.26. The SMILES string of the molecule is CNc1c(Cl)cc(C[C@@H](OC(=O)N2CCC(N3Cc4sccc4NC3=O)CC2)C(=O)N2CCC(N3CCN(C)CC3)CC2)cc1C(F)(F)F. The second kappa shape index (κ2) is 14.9. The molecular weight excluding hydrogens is 683 g/mol. The van der Waals surface area contributed by atoms with Crippen LogP contribution >= 0.6 is 22.9 Å². The second-order valence-electron chi connectivity index (χ2n) is 13.3. The fraction of sp³-hybridized carbons (Fsp3) is 0.606. The van der Waals surface area contributed by atoms with Gasteiger partial charge in [-0.15, -0.1) is 11.3 Å². The van der Waals surface area contributed by atoms with Crippen LogP contribution in [0.5, 0.6) is 0 Å². The minimum atomic E-state index is -4.69. The summed E-state index contributed by atoms with van der Waals surface area (Å²) in [7, 11) is 3.46. The Balaban J connectivity index is 1.14. The molecular formula is C33H43ClF3N7O4S. The Kier molecular flexibility index (Phi) is 10.8. The number of urea groups is 1. The van der Waals surface area contributed by atoms with Crippen LogP contribution in [0.2, 0.25) is 5.02 Å². The molecule has 2 N–H and O–H groups in total. The quantitative estimate of drug-likeness (QED) is 0.402. The summed E-state index contributed by atoms with van der Waals surface area (Å²) in [5.74, 6) is -0.431. The number of ether oxygens (including phenoxy) is 1. The number of amides is 4. The van der Waals surface area contributed by atoms with Gasteiger partial charge in [0.15, 0.2) is 6.10 Å². The monoisotopic (exact) mass is 725 g/mol. The molecule has 2 aromatic rings. The van der Waals surface area contributed by atoms with Crippen molar-refractivity contribution in [2.24, 2.45) is 0 Å². The number of piperidine rings is 2. The lowest BCUT2D eigenvalue weighted by Gasteiger charge is -2.42. The summed E-state index contributed by atoms with van der Waals surface area (Å²) in [6.45, 7) is 5.96. The molecule has 0 spiro atoms. The molecule has 3 saturated heterocycles. The van der Waals surface area contributed by atoms with E-state index in [1.807, 2.05) is 11.4 Å². The summed E-state index contributed by atoms with van der Waals surface area (Å²) in [4.78, 5) is 51.1. The van der Waals surface area contributed by atoms with Gasteiger partial charge in [-0.3, -0.25) is 9.69 Å². The van der Waals surface area contributed by atoms with E-state index in [1.54, 1.807) is 21.1 Å². The van der Waals surface area contributed by atoms with Crippen molar-refractivity contribution < 1.29 is 32.3 Å². The first-order chi connectivity index (χ1) is 23.4. The Morgan fingerprint density at radius 2 is 1.67 bits per heavy atom. The number of alkyl halides is 3. The molecule has 11 nitrogen and oxygen atoms in total. The van der Waals surface area contributed by atoms with E-state index in [0.29, 0.717) is 51.6 Å². The van der Waals surface area contributed by atoms with Crippen molar-refractivity contribution in [3.8, 4) is 0 Å². The van der Waals surface area contributed by atoms with Gasteiger partial charge in [0.2, 0.25) is 0 Å². The van der Waals surface area contributed by atoms with Crippen LogP contribution in [0.25, 0.3) is 0 Å². The summed E-state index contributed by atoms with van der Waals surface area (Å²) >= 11 is 7.85. The fourth-order valence-corrected chi connectivity index (χ4v) is 8.50. The molecule has 0 aliphatic carbocycles. The highest BCUT2D eigenvalue weighted by atomic mass is 35.5. The van der Waals surface area contributed by atoms with Gasteiger partial charge < -0.3 is 35.0 Å². The van der Waals surface area contributed by atoms with Crippen LogP contribution in [0.3, 0.4) is 0 Å². The Hall–Kier alpha value is -3.27. The minimum Gasteiger partial charge on any atom is -0.436 e. The van der Waals surface area contributed by atoms with E-state index in [-0.39, 0.29) is 34.8 Å². The van der Waals surface area contributed by atoms with Crippen molar-refractivity contribution in [1.82, 2.24) is 24.5 Å². The van der Waals surface area contributed by atoms with Crippen LogP contribution in [0, 0.1) is 0 Å². The van der Waals surface area contributed by atoms with E-state index in [9.17, 15) is 27.6 Å². The highest BCUT2D eigenvalue weighted by molar-refractivity contribution is 7.10. The molecule has 6 rings (SSSR count). The standard InChI is InChI=1S/C33H43ClF3N7O4S/c1-38-29-24(33(35,36)37)17-21(18-25(29)34)19-27(30(45)42-8-3-22(4-9-42)41-14-12-40(2)13-15-41)48-32(47)43-10-5-23(6-11-43)44-20-28-26(7-16-49-28)39-31(44)46/h7,16-18,22-23,27,38H,3-6,8-15,19-20H2,1-2H3,(H,39,46)/t27-/m1/s1. The molecule has 4 aliphatic heterocycles. The number of likely N-dealkylation sites (N-methyl/N-ethyl adjacent to an activating group) is 1. The highest BCUT2D eigenvalue weighted by Gasteiger charge is 2.39. The van der Waals surface area contributed by atoms with Gasteiger partial charge in [-0.1, -0.05) is 11.6 Å². The molecule has 0 bridgehead atoms. The lowest BCUT2D eigenvalue weighted by atomic mass is 9.99. The third kappa shape index (κ3) is 8.05. The van der Waals surface area contributed by atoms with Crippen LogP contribution in [0.4, 0.5) is 34.1 Å². The Morgan fingerprint density at radius 3 is 2.33 bits per heavy atom. The predicted molar refractivity (Wildman–Crippen MR) is 182 cm³/mol. The topological polar surface area (TPSA) is 101 Å². The maximum Gasteiger partial charge on any atom is 0.418 e. The van der Waals surface area contributed by atoms with Crippen molar-refractivity contribution in [2.45, 2.75) is 63.0 Å². The van der Waals surface area contributed by atoms with Gasteiger partial charge in [0.05, 0.1) is 28.5 Å². The number of likely N-dealkylation sites (tertiary alicyclic amines) is 2. The number of fused-ring (bicyclic) bond motifs is 1. The average Bonchev–Trinajstić information content (AvgIpc) is 3.54. The van der Waals surface area contributed by atoms with Gasteiger partial charge >= 0.3 is 18.3 Å². The van der Waals surface area contributed by atoms with Crippen molar-refractivity contribution in [1.29, 1.82) is 0 Å². The van der Waals surface area contributed by atoms with Gasteiger partial charge in [0, 0.05) is 82.8 Å². The first-order valence-corrected chi connectivity index (χ1v) is 18.0. The van der Waals surface area contributed by atoms with Crippen LogP contribution in [-0.4, -0.2) is 127 Å². The lowest BCUT2D eigenvalue weighted by Crippen LogP contribution is -2.54. The minimum absolute atomic E-state index is 0.0769. The van der Waals surface area contributed by atoms with Gasteiger partial charge in [0.25, 0.3) is 5.91 Å².